The molecule has 0 bridgehead atoms. The van der Waals surface area contributed by atoms with Crippen molar-refractivity contribution in [3.05, 3.63) is 60.0 Å². The standard InChI is InChI=1S/C15H14N4O2/c20-8-7-11-1-4-13(5-2-11)17-15(21)12-3-6-14-18-16-10-19(14)9-12/h1-6,9-10,20H,7-8H2,(H,17,21). The molecule has 3 aromatic rings. The van der Waals surface area contributed by atoms with Crippen LogP contribution in [0.4, 0.5) is 5.69 Å². The van der Waals surface area contributed by atoms with Gasteiger partial charge in [-0.15, -0.1) is 10.2 Å². The Bertz CT molecular complexity index is 765. The van der Waals surface area contributed by atoms with Gasteiger partial charge in [-0.1, -0.05) is 12.1 Å². The normalized spacial score (nSPS) is 10.7. The molecule has 6 nitrogen and oxygen atoms in total. The summed E-state index contributed by atoms with van der Waals surface area (Å²) < 4.78 is 1.69. The van der Waals surface area contributed by atoms with E-state index < -0.39 is 0 Å². The molecule has 21 heavy (non-hydrogen) atoms. The maximum Gasteiger partial charge on any atom is 0.257 e. The summed E-state index contributed by atoms with van der Waals surface area (Å²) in [4.78, 5) is 12.2. The fourth-order valence-electron chi connectivity index (χ4n) is 2.05. The molecule has 106 valence electrons. The number of aliphatic hydroxyl groups excluding tert-OH is 1. The number of amides is 1. The molecule has 1 amide bonds. The highest BCUT2D eigenvalue weighted by molar-refractivity contribution is 6.04. The van der Waals surface area contributed by atoms with Gasteiger partial charge in [-0.2, -0.15) is 0 Å². The molecule has 0 saturated carbocycles. The Hall–Kier alpha value is -2.73. The van der Waals surface area contributed by atoms with Crippen LogP contribution in [0.2, 0.25) is 0 Å². The lowest BCUT2D eigenvalue weighted by Gasteiger charge is -2.06. The summed E-state index contributed by atoms with van der Waals surface area (Å²) in [7, 11) is 0. The first kappa shape index (κ1) is 13.3. The number of nitrogens with one attached hydrogen (secondary N) is 1. The summed E-state index contributed by atoms with van der Waals surface area (Å²) in [6, 6.07) is 10.9. The van der Waals surface area contributed by atoms with Crippen LogP contribution in [0.15, 0.2) is 48.9 Å². The topological polar surface area (TPSA) is 79.5 Å². The van der Waals surface area contributed by atoms with Gasteiger partial charge in [-0.3, -0.25) is 9.20 Å². The zero-order valence-electron chi connectivity index (χ0n) is 11.2. The number of pyridine rings is 1. The van der Waals surface area contributed by atoms with E-state index in [0.717, 1.165) is 5.56 Å². The van der Waals surface area contributed by atoms with Crippen LogP contribution in [0, 0.1) is 0 Å². The number of benzene rings is 1. The van der Waals surface area contributed by atoms with E-state index in [1.807, 2.05) is 24.3 Å². The maximum atomic E-state index is 12.2. The molecule has 6 heteroatoms. The minimum atomic E-state index is -0.194. The van der Waals surface area contributed by atoms with E-state index in [2.05, 4.69) is 15.5 Å². The van der Waals surface area contributed by atoms with Crippen LogP contribution in [-0.4, -0.2) is 32.2 Å². The molecule has 0 radical (unpaired) electrons. The molecular formula is C15H14N4O2. The second kappa shape index (κ2) is 5.72. The van der Waals surface area contributed by atoms with Gasteiger partial charge >= 0.3 is 0 Å². The van der Waals surface area contributed by atoms with Crippen molar-refractivity contribution >= 4 is 17.2 Å². The number of hydrogen-bond donors (Lipinski definition) is 2. The van der Waals surface area contributed by atoms with Gasteiger partial charge in [0, 0.05) is 18.5 Å². The Morgan fingerprint density at radius 2 is 2.00 bits per heavy atom. The predicted octanol–water partition coefficient (Wildman–Crippen LogP) is 1.52. The Morgan fingerprint density at radius 3 is 2.76 bits per heavy atom. The van der Waals surface area contributed by atoms with Crippen molar-refractivity contribution < 1.29 is 9.90 Å². The van der Waals surface area contributed by atoms with Crippen LogP contribution in [0.3, 0.4) is 0 Å². The zero-order valence-corrected chi connectivity index (χ0v) is 11.2. The van der Waals surface area contributed by atoms with Crippen molar-refractivity contribution in [3.63, 3.8) is 0 Å². The van der Waals surface area contributed by atoms with E-state index in [4.69, 9.17) is 5.11 Å². The molecule has 0 spiro atoms. The molecule has 1 aromatic carbocycles. The monoisotopic (exact) mass is 282 g/mol. The molecule has 0 fully saturated rings. The number of carbonyl (C=O) groups excluding carboxylic acids is 1. The van der Waals surface area contributed by atoms with E-state index in [9.17, 15) is 4.79 Å². The summed E-state index contributed by atoms with van der Waals surface area (Å²) >= 11 is 0. The molecule has 2 heterocycles. The first-order valence-electron chi connectivity index (χ1n) is 6.57. The van der Waals surface area contributed by atoms with Gasteiger partial charge in [0.15, 0.2) is 5.65 Å². The van der Waals surface area contributed by atoms with Crippen LogP contribution >= 0.6 is 0 Å². The highest BCUT2D eigenvalue weighted by Gasteiger charge is 2.07. The number of carbonyl (C=O) groups is 1. The number of fused-ring (bicyclic) bond motifs is 1. The Morgan fingerprint density at radius 1 is 1.19 bits per heavy atom. The molecule has 2 aromatic heterocycles. The van der Waals surface area contributed by atoms with E-state index in [-0.39, 0.29) is 12.5 Å². The van der Waals surface area contributed by atoms with Gasteiger partial charge in [0.2, 0.25) is 0 Å². The van der Waals surface area contributed by atoms with Gasteiger partial charge in [-0.05, 0) is 36.2 Å². The van der Waals surface area contributed by atoms with Crippen LogP contribution in [-0.2, 0) is 6.42 Å². The molecule has 0 atom stereocenters. The average molecular weight is 282 g/mol. The predicted molar refractivity (Wildman–Crippen MR) is 78.2 cm³/mol. The largest absolute Gasteiger partial charge is 0.396 e. The number of nitrogens with zero attached hydrogens (tertiary/aromatic N) is 3. The van der Waals surface area contributed by atoms with E-state index in [1.165, 1.54) is 0 Å². The summed E-state index contributed by atoms with van der Waals surface area (Å²) in [6.07, 6.45) is 3.85. The third-order valence-corrected chi connectivity index (χ3v) is 3.17. The van der Waals surface area contributed by atoms with E-state index in [0.29, 0.717) is 23.3 Å². The van der Waals surface area contributed by atoms with Gasteiger partial charge < -0.3 is 10.4 Å². The molecule has 0 aliphatic heterocycles. The molecular weight excluding hydrogens is 268 g/mol. The number of hydrogen-bond acceptors (Lipinski definition) is 4. The molecule has 0 unspecified atom stereocenters. The molecule has 0 saturated heterocycles. The lowest BCUT2D eigenvalue weighted by atomic mass is 10.1. The molecule has 0 aliphatic rings. The number of rotatable bonds is 4. The second-order valence-electron chi connectivity index (χ2n) is 4.64. The summed E-state index contributed by atoms with van der Waals surface area (Å²) in [5.41, 5.74) is 2.97. The number of aromatic nitrogens is 3. The molecule has 3 rings (SSSR count). The smallest absolute Gasteiger partial charge is 0.257 e. The van der Waals surface area contributed by atoms with E-state index in [1.54, 1.807) is 29.1 Å². The van der Waals surface area contributed by atoms with Crippen molar-refractivity contribution in [2.45, 2.75) is 6.42 Å². The van der Waals surface area contributed by atoms with Gasteiger partial charge in [0.25, 0.3) is 5.91 Å². The lowest BCUT2D eigenvalue weighted by molar-refractivity contribution is 0.102. The SMILES string of the molecule is O=C(Nc1ccc(CCO)cc1)c1ccc2nncn2c1. The minimum absolute atomic E-state index is 0.116. The Kier molecular flexibility index (Phi) is 3.61. The summed E-state index contributed by atoms with van der Waals surface area (Å²) in [6.45, 7) is 0.116. The zero-order chi connectivity index (χ0) is 14.7. The average Bonchev–Trinajstić information content (AvgIpc) is 2.97. The minimum Gasteiger partial charge on any atom is -0.396 e. The van der Waals surface area contributed by atoms with Crippen LogP contribution in [0.25, 0.3) is 5.65 Å². The second-order valence-corrected chi connectivity index (χ2v) is 4.64. The fourth-order valence-corrected chi connectivity index (χ4v) is 2.05. The third-order valence-electron chi connectivity index (χ3n) is 3.17. The number of aliphatic hydroxyl groups is 1. The lowest BCUT2D eigenvalue weighted by Crippen LogP contribution is -2.12. The van der Waals surface area contributed by atoms with Crippen LogP contribution in [0.1, 0.15) is 15.9 Å². The first-order valence-corrected chi connectivity index (χ1v) is 6.57. The maximum absolute atomic E-state index is 12.2. The van der Waals surface area contributed by atoms with E-state index >= 15 is 0 Å². The summed E-state index contributed by atoms with van der Waals surface area (Å²) in [5.74, 6) is -0.194. The fraction of sp³-hybridized carbons (Fsp3) is 0.133. The van der Waals surface area contributed by atoms with Crippen LogP contribution in [0.5, 0.6) is 0 Å². The quantitative estimate of drug-likeness (QED) is 0.760. The van der Waals surface area contributed by atoms with Crippen molar-refractivity contribution in [1.29, 1.82) is 0 Å². The number of anilines is 1. The van der Waals surface area contributed by atoms with Gasteiger partial charge in [-0.25, -0.2) is 0 Å². The van der Waals surface area contributed by atoms with Crippen molar-refractivity contribution in [2.24, 2.45) is 0 Å². The first-order chi connectivity index (χ1) is 10.3. The van der Waals surface area contributed by atoms with Crippen molar-refractivity contribution in [2.75, 3.05) is 11.9 Å². The van der Waals surface area contributed by atoms with Gasteiger partial charge in [0.05, 0.1) is 5.56 Å². The molecule has 0 aliphatic carbocycles. The highest BCUT2D eigenvalue weighted by Crippen LogP contribution is 2.12. The van der Waals surface area contributed by atoms with Gasteiger partial charge in [0.1, 0.15) is 6.33 Å². The summed E-state index contributed by atoms with van der Waals surface area (Å²) in [5, 5.41) is 19.4. The van der Waals surface area contributed by atoms with Crippen molar-refractivity contribution in [3.8, 4) is 0 Å². The third kappa shape index (κ3) is 2.90. The highest BCUT2D eigenvalue weighted by atomic mass is 16.3. The Balaban J connectivity index is 1.75. The Labute approximate surface area is 121 Å². The van der Waals surface area contributed by atoms with Crippen molar-refractivity contribution in [1.82, 2.24) is 14.6 Å². The molecule has 2 N–H and O–H groups in total. The van der Waals surface area contributed by atoms with Crippen LogP contribution < -0.4 is 5.32 Å².